The average molecular weight is 684 g/mol. The third-order valence-electron chi connectivity index (χ3n) is 10.3. The Hall–Kier alpha value is -6.62. The molecule has 4 heteroatoms. The van der Waals surface area contributed by atoms with Crippen LogP contribution in [0.2, 0.25) is 0 Å². The molecular weight excluding hydrogens is 651 g/mol. The lowest BCUT2D eigenvalue weighted by Crippen LogP contribution is -2.01. The molecule has 0 unspecified atom stereocenters. The molecule has 10 aromatic rings. The van der Waals surface area contributed by atoms with Gasteiger partial charge in [0.25, 0.3) is 0 Å². The second kappa shape index (κ2) is 12.0. The van der Waals surface area contributed by atoms with Crippen LogP contribution in [-0.2, 0) is 0 Å². The molecule has 0 radical (unpaired) electrons. The van der Waals surface area contributed by atoms with Crippen molar-refractivity contribution in [1.29, 1.82) is 0 Å². The number of allylic oxidation sites excluding steroid dienone is 2. The van der Waals surface area contributed by atoms with E-state index in [1.807, 2.05) is 23.5 Å². The van der Waals surface area contributed by atoms with Crippen LogP contribution in [0.4, 0.5) is 5.82 Å². The van der Waals surface area contributed by atoms with Gasteiger partial charge in [-0.1, -0.05) is 128 Å². The van der Waals surface area contributed by atoms with Gasteiger partial charge in [0.15, 0.2) is 0 Å². The topological polar surface area (TPSA) is 35.9 Å². The van der Waals surface area contributed by atoms with Gasteiger partial charge in [-0.15, -0.1) is 11.3 Å². The molecule has 3 aromatic heterocycles. The SMILES string of the molecule is C=C/C=C\c1c(N)n(-c2ccc3c(c2)c2ccccc2n3-c2cccc(-c3cccc(-c4cccc5c4sc4ccccc45)c3)c2)c2ccccc12. The number of hydrogen-bond donors (Lipinski definition) is 1. The largest absolute Gasteiger partial charge is 0.384 e. The minimum absolute atomic E-state index is 0.709. The fraction of sp³-hybridized carbons (Fsp3) is 0. The molecule has 0 bridgehead atoms. The molecule has 0 saturated heterocycles. The van der Waals surface area contributed by atoms with E-state index in [1.165, 1.54) is 53.2 Å². The van der Waals surface area contributed by atoms with Crippen molar-refractivity contribution < 1.29 is 0 Å². The second-order valence-electron chi connectivity index (χ2n) is 13.2. The summed E-state index contributed by atoms with van der Waals surface area (Å²) in [5.41, 5.74) is 18.3. The molecule has 0 aliphatic heterocycles. The summed E-state index contributed by atoms with van der Waals surface area (Å²) in [4.78, 5) is 0. The Balaban J connectivity index is 1.10. The van der Waals surface area contributed by atoms with Gasteiger partial charge in [-0.05, 0) is 76.9 Å². The van der Waals surface area contributed by atoms with Crippen molar-refractivity contribution in [2.24, 2.45) is 0 Å². The van der Waals surface area contributed by atoms with E-state index in [0.717, 1.165) is 38.9 Å². The number of benzene rings is 7. The van der Waals surface area contributed by atoms with Crippen LogP contribution >= 0.6 is 11.3 Å². The minimum Gasteiger partial charge on any atom is -0.384 e. The zero-order chi connectivity index (χ0) is 34.8. The molecule has 0 atom stereocenters. The van der Waals surface area contributed by atoms with E-state index in [0.29, 0.717) is 5.82 Å². The number of para-hydroxylation sites is 2. The zero-order valence-electron chi connectivity index (χ0n) is 28.3. The first-order valence-corrected chi connectivity index (χ1v) is 18.3. The fourth-order valence-electron chi connectivity index (χ4n) is 7.95. The third-order valence-corrected chi connectivity index (χ3v) is 11.5. The predicted octanol–water partition coefficient (Wildman–Crippen LogP) is 13.2. The average Bonchev–Trinajstić information content (AvgIpc) is 3.84. The number of anilines is 1. The summed E-state index contributed by atoms with van der Waals surface area (Å²) < 4.78 is 7.20. The molecule has 0 saturated carbocycles. The highest BCUT2D eigenvalue weighted by molar-refractivity contribution is 7.26. The van der Waals surface area contributed by atoms with E-state index in [4.69, 9.17) is 5.73 Å². The molecule has 0 spiro atoms. The Morgan fingerprint density at radius 1 is 0.500 bits per heavy atom. The van der Waals surface area contributed by atoms with Crippen molar-refractivity contribution in [3.63, 3.8) is 0 Å². The summed E-state index contributed by atoms with van der Waals surface area (Å²) in [6.07, 6.45) is 5.76. The number of aromatic nitrogens is 2. The Morgan fingerprint density at radius 3 is 1.98 bits per heavy atom. The van der Waals surface area contributed by atoms with Crippen LogP contribution < -0.4 is 5.73 Å². The Bertz CT molecular complexity index is 3060. The van der Waals surface area contributed by atoms with Crippen molar-refractivity contribution >= 4 is 76.1 Å². The molecule has 7 aromatic carbocycles. The molecule has 0 aliphatic rings. The number of nitrogens with zero attached hydrogens (tertiary/aromatic N) is 2. The summed E-state index contributed by atoms with van der Waals surface area (Å²) >= 11 is 1.87. The highest BCUT2D eigenvalue weighted by Crippen LogP contribution is 2.41. The Labute approximate surface area is 305 Å². The standard InChI is InChI=1S/C48H33N3S/c1-2-3-17-41-37-18-4-8-24-44(37)51(48(41)49)35-26-27-45-42(30-35)38-19-5-7-23-43(38)50(45)34-16-11-14-32(29-34)31-13-10-15-33(28-31)36-21-12-22-40-39-20-6-9-25-46(39)52-47(36)40/h2-30H,1,49H2/b17-3-. The summed E-state index contributed by atoms with van der Waals surface area (Å²) in [6, 6.07) is 57.0. The maximum Gasteiger partial charge on any atom is 0.116 e. The van der Waals surface area contributed by atoms with Crippen molar-refractivity contribution in [2.75, 3.05) is 5.73 Å². The highest BCUT2D eigenvalue weighted by atomic mass is 32.1. The molecule has 0 fully saturated rings. The smallest absolute Gasteiger partial charge is 0.116 e. The number of rotatable bonds is 6. The second-order valence-corrected chi connectivity index (χ2v) is 14.3. The van der Waals surface area contributed by atoms with Crippen LogP contribution in [0.3, 0.4) is 0 Å². The van der Waals surface area contributed by atoms with Gasteiger partial charge in [0.05, 0.1) is 16.6 Å². The van der Waals surface area contributed by atoms with Crippen LogP contribution in [-0.4, -0.2) is 9.13 Å². The molecule has 0 aliphatic carbocycles. The number of nitrogen functional groups attached to an aromatic ring is 1. The maximum absolute atomic E-state index is 6.88. The predicted molar refractivity (Wildman–Crippen MR) is 225 cm³/mol. The monoisotopic (exact) mass is 683 g/mol. The van der Waals surface area contributed by atoms with E-state index < -0.39 is 0 Å². The summed E-state index contributed by atoms with van der Waals surface area (Å²) in [5.74, 6) is 0.709. The van der Waals surface area contributed by atoms with Crippen LogP contribution in [0.25, 0.3) is 92.6 Å². The van der Waals surface area contributed by atoms with Crippen LogP contribution in [0.15, 0.2) is 176 Å². The van der Waals surface area contributed by atoms with Crippen LogP contribution in [0, 0.1) is 0 Å². The zero-order valence-corrected chi connectivity index (χ0v) is 29.1. The lowest BCUT2D eigenvalue weighted by molar-refractivity contribution is 1.14. The molecule has 3 nitrogen and oxygen atoms in total. The van der Waals surface area contributed by atoms with E-state index >= 15 is 0 Å². The molecule has 52 heavy (non-hydrogen) atoms. The minimum atomic E-state index is 0.709. The van der Waals surface area contributed by atoms with Crippen LogP contribution in [0.1, 0.15) is 5.56 Å². The van der Waals surface area contributed by atoms with Gasteiger partial charge < -0.3 is 10.3 Å². The van der Waals surface area contributed by atoms with Crippen molar-refractivity contribution in [3.8, 4) is 33.6 Å². The number of thiophene rings is 1. The summed E-state index contributed by atoms with van der Waals surface area (Å²) in [7, 11) is 0. The molecule has 0 amide bonds. The van der Waals surface area contributed by atoms with E-state index in [1.54, 1.807) is 6.08 Å². The fourth-order valence-corrected chi connectivity index (χ4v) is 9.18. The van der Waals surface area contributed by atoms with Gasteiger partial charge in [0, 0.05) is 53.3 Å². The van der Waals surface area contributed by atoms with Gasteiger partial charge in [-0.3, -0.25) is 4.57 Å². The quantitative estimate of drug-likeness (QED) is 0.174. The first-order chi connectivity index (χ1) is 25.7. The van der Waals surface area contributed by atoms with Gasteiger partial charge in [0.1, 0.15) is 5.82 Å². The van der Waals surface area contributed by atoms with E-state index in [2.05, 4.69) is 173 Å². The molecular formula is C48H33N3S. The van der Waals surface area contributed by atoms with Gasteiger partial charge >= 0.3 is 0 Å². The molecule has 3 heterocycles. The molecule has 10 rings (SSSR count). The summed E-state index contributed by atoms with van der Waals surface area (Å²) in [5, 5.41) is 6.13. The molecule has 2 N–H and O–H groups in total. The normalized spacial score (nSPS) is 11.9. The third kappa shape index (κ3) is 4.65. The van der Waals surface area contributed by atoms with Gasteiger partial charge in [-0.25, -0.2) is 0 Å². The van der Waals surface area contributed by atoms with Crippen molar-refractivity contribution in [2.45, 2.75) is 0 Å². The van der Waals surface area contributed by atoms with Gasteiger partial charge in [0.2, 0.25) is 0 Å². The number of hydrogen-bond acceptors (Lipinski definition) is 2. The molecule has 246 valence electrons. The van der Waals surface area contributed by atoms with E-state index in [9.17, 15) is 0 Å². The lowest BCUT2D eigenvalue weighted by Gasteiger charge is -2.12. The van der Waals surface area contributed by atoms with Gasteiger partial charge in [-0.2, -0.15) is 0 Å². The first kappa shape index (κ1) is 30.2. The van der Waals surface area contributed by atoms with E-state index in [-0.39, 0.29) is 0 Å². The number of fused-ring (bicyclic) bond motifs is 7. The summed E-state index contributed by atoms with van der Waals surface area (Å²) in [6.45, 7) is 3.86. The Morgan fingerprint density at radius 2 is 1.13 bits per heavy atom. The first-order valence-electron chi connectivity index (χ1n) is 17.5. The van der Waals surface area contributed by atoms with Crippen molar-refractivity contribution in [1.82, 2.24) is 9.13 Å². The van der Waals surface area contributed by atoms with Crippen LogP contribution in [0.5, 0.6) is 0 Å². The number of nitrogens with two attached hydrogens (primary N) is 1. The van der Waals surface area contributed by atoms with Crippen molar-refractivity contribution in [3.05, 3.63) is 182 Å². The highest BCUT2D eigenvalue weighted by Gasteiger charge is 2.18. The maximum atomic E-state index is 6.88. The lowest BCUT2D eigenvalue weighted by atomic mass is 9.97. The Kier molecular flexibility index (Phi) is 6.98.